The molecule has 9 heteroatoms. The second kappa shape index (κ2) is 8.79. The Hall–Kier alpha value is -2.65. The van der Waals surface area contributed by atoms with Crippen molar-refractivity contribution < 1.29 is 14.1 Å². The van der Waals surface area contributed by atoms with Crippen LogP contribution in [-0.4, -0.2) is 78.3 Å². The lowest BCUT2D eigenvalue weighted by Crippen LogP contribution is -2.55. The van der Waals surface area contributed by atoms with Gasteiger partial charge in [-0.15, -0.1) is 0 Å². The molecule has 0 bridgehead atoms. The zero-order chi connectivity index (χ0) is 20.2. The zero-order valence-corrected chi connectivity index (χ0v) is 16.8. The first kappa shape index (κ1) is 19.7. The number of carbonyl (C=O) groups is 1. The summed E-state index contributed by atoms with van der Waals surface area (Å²) in [5.41, 5.74) is 6.35. The van der Waals surface area contributed by atoms with E-state index in [2.05, 4.69) is 37.0 Å². The van der Waals surface area contributed by atoms with Gasteiger partial charge >= 0.3 is 11.8 Å². The number of hydrogen-bond donors (Lipinski definition) is 1. The Morgan fingerprint density at radius 3 is 2.76 bits per heavy atom. The lowest BCUT2D eigenvalue weighted by molar-refractivity contribution is 0.0868. The molecule has 1 aromatic heterocycles. The predicted octanol–water partition coefficient (Wildman–Crippen LogP) is 0.964. The van der Waals surface area contributed by atoms with Gasteiger partial charge in [-0.05, 0) is 31.5 Å². The van der Waals surface area contributed by atoms with Gasteiger partial charge in [0.1, 0.15) is 5.75 Å². The number of carbonyl (C=O) groups excluding carboxylic acids is 1. The Kier molecular flexibility index (Phi) is 5.96. The van der Waals surface area contributed by atoms with Crippen LogP contribution in [0.4, 0.5) is 5.69 Å². The van der Waals surface area contributed by atoms with Gasteiger partial charge in [-0.3, -0.25) is 14.6 Å². The van der Waals surface area contributed by atoms with Crippen molar-refractivity contribution in [2.75, 3.05) is 51.3 Å². The largest absolute Gasteiger partial charge is 0.495 e. The van der Waals surface area contributed by atoms with Crippen molar-refractivity contribution in [3.8, 4) is 5.75 Å². The van der Waals surface area contributed by atoms with Crippen LogP contribution >= 0.6 is 0 Å². The maximum absolute atomic E-state index is 11.1. The number of para-hydroxylation sites is 2. The standard InChI is InChI=1S/C20H28N6O3/c1-28-17-7-3-2-6-16(17)26-11-9-25(10-12-26)15-5-4-8-24(13-15)14-18-22-20(19(21)27)29-23-18/h2-3,6-7,15H,4-5,8-14H2,1H3,(H2,21,27)/t15-/m1/s1. The molecule has 0 spiro atoms. The minimum Gasteiger partial charge on any atom is -0.495 e. The monoisotopic (exact) mass is 400 g/mol. The van der Waals surface area contributed by atoms with Gasteiger partial charge in [0.2, 0.25) is 0 Å². The van der Waals surface area contributed by atoms with E-state index in [0.29, 0.717) is 18.4 Å². The number of methoxy groups -OCH3 is 1. The normalized spacial score (nSPS) is 21.3. The highest BCUT2D eigenvalue weighted by Crippen LogP contribution is 2.29. The number of anilines is 1. The molecule has 2 aliphatic heterocycles. The molecule has 29 heavy (non-hydrogen) atoms. The number of rotatable bonds is 6. The van der Waals surface area contributed by atoms with Gasteiger partial charge in [0.15, 0.2) is 5.82 Å². The average molecular weight is 400 g/mol. The summed E-state index contributed by atoms with van der Waals surface area (Å²) in [7, 11) is 1.72. The Balaban J connectivity index is 1.32. The van der Waals surface area contributed by atoms with Crippen LogP contribution in [0.3, 0.4) is 0 Å². The predicted molar refractivity (Wildman–Crippen MR) is 108 cm³/mol. The Morgan fingerprint density at radius 2 is 2.03 bits per heavy atom. The van der Waals surface area contributed by atoms with Gasteiger partial charge in [0.25, 0.3) is 0 Å². The van der Waals surface area contributed by atoms with E-state index in [4.69, 9.17) is 15.0 Å². The van der Waals surface area contributed by atoms with E-state index >= 15 is 0 Å². The maximum Gasteiger partial charge on any atom is 0.315 e. The highest BCUT2D eigenvalue weighted by atomic mass is 16.5. The first-order valence-corrected chi connectivity index (χ1v) is 10.1. The Labute approximate surface area is 170 Å². The number of amides is 1. The van der Waals surface area contributed by atoms with E-state index in [-0.39, 0.29) is 5.89 Å². The number of piperidine rings is 1. The molecule has 0 unspecified atom stereocenters. The number of primary amides is 1. The molecule has 4 rings (SSSR count). The van der Waals surface area contributed by atoms with Crippen molar-refractivity contribution in [1.29, 1.82) is 0 Å². The molecular formula is C20H28N6O3. The number of nitrogens with two attached hydrogens (primary N) is 1. The molecule has 9 nitrogen and oxygen atoms in total. The van der Waals surface area contributed by atoms with Crippen LogP contribution in [0.5, 0.6) is 5.75 Å². The third kappa shape index (κ3) is 4.51. The molecule has 0 radical (unpaired) electrons. The van der Waals surface area contributed by atoms with Crippen LogP contribution in [0.1, 0.15) is 29.4 Å². The number of piperazine rings is 1. The molecule has 2 saturated heterocycles. The quantitative estimate of drug-likeness (QED) is 0.765. The average Bonchev–Trinajstić information content (AvgIpc) is 3.23. The minimum absolute atomic E-state index is 0.124. The van der Waals surface area contributed by atoms with Crippen molar-refractivity contribution in [3.05, 3.63) is 36.0 Å². The molecule has 1 amide bonds. The summed E-state index contributed by atoms with van der Waals surface area (Å²) in [5.74, 6) is 0.634. The van der Waals surface area contributed by atoms with Gasteiger partial charge in [-0.25, -0.2) is 0 Å². The van der Waals surface area contributed by atoms with Gasteiger partial charge in [-0.2, -0.15) is 4.98 Å². The van der Waals surface area contributed by atoms with Crippen LogP contribution < -0.4 is 15.4 Å². The summed E-state index contributed by atoms with van der Waals surface area (Å²) in [6.07, 6.45) is 2.34. The Morgan fingerprint density at radius 1 is 1.24 bits per heavy atom. The molecule has 0 aliphatic carbocycles. The van der Waals surface area contributed by atoms with E-state index < -0.39 is 5.91 Å². The fraction of sp³-hybridized carbons (Fsp3) is 0.550. The smallest absolute Gasteiger partial charge is 0.315 e. The third-order valence-electron chi connectivity index (χ3n) is 5.78. The lowest BCUT2D eigenvalue weighted by atomic mass is 10.0. The van der Waals surface area contributed by atoms with Crippen molar-refractivity contribution in [3.63, 3.8) is 0 Å². The summed E-state index contributed by atoms with van der Waals surface area (Å²) < 4.78 is 10.4. The third-order valence-corrected chi connectivity index (χ3v) is 5.78. The number of hydrogen-bond acceptors (Lipinski definition) is 8. The summed E-state index contributed by atoms with van der Waals surface area (Å²) in [5, 5.41) is 3.87. The highest BCUT2D eigenvalue weighted by molar-refractivity contribution is 5.87. The van der Waals surface area contributed by atoms with Gasteiger partial charge < -0.3 is 19.9 Å². The Bertz CT molecular complexity index is 833. The van der Waals surface area contributed by atoms with Crippen LogP contribution in [0.2, 0.25) is 0 Å². The fourth-order valence-electron chi connectivity index (χ4n) is 4.31. The van der Waals surface area contributed by atoms with Gasteiger partial charge in [0.05, 0.1) is 19.3 Å². The van der Waals surface area contributed by atoms with Crippen molar-refractivity contribution in [1.82, 2.24) is 19.9 Å². The van der Waals surface area contributed by atoms with E-state index in [1.54, 1.807) is 7.11 Å². The molecule has 0 saturated carbocycles. The number of aromatic nitrogens is 2. The number of benzene rings is 1. The van der Waals surface area contributed by atoms with Crippen LogP contribution in [0, 0.1) is 0 Å². The molecule has 2 fully saturated rings. The second-order valence-electron chi connectivity index (χ2n) is 7.61. The van der Waals surface area contributed by atoms with Gasteiger partial charge in [0, 0.05) is 38.8 Å². The van der Waals surface area contributed by atoms with E-state index in [1.165, 1.54) is 12.1 Å². The molecule has 1 atom stereocenters. The molecule has 3 heterocycles. The maximum atomic E-state index is 11.1. The molecule has 2 aromatic rings. The van der Waals surface area contributed by atoms with Crippen molar-refractivity contribution in [2.24, 2.45) is 5.73 Å². The number of ether oxygens (including phenoxy) is 1. The lowest BCUT2D eigenvalue weighted by Gasteiger charge is -2.44. The summed E-state index contributed by atoms with van der Waals surface area (Å²) >= 11 is 0. The molecule has 1 aromatic carbocycles. The van der Waals surface area contributed by atoms with Crippen molar-refractivity contribution in [2.45, 2.75) is 25.4 Å². The summed E-state index contributed by atoms with van der Waals surface area (Å²) in [4.78, 5) is 22.5. The zero-order valence-electron chi connectivity index (χ0n) is 16.8. The van der Waals surface area contributed by atoms with Crippen LogP contribution in [-0.2, 0) is 6.54 Å². The van der Waals surface area contributed by atoms with E-state index in [1.807, 2.05) is 12.1 Å². The topological polar surface area (TPSA) is 101 Å². The highest BCUT2D eigenvalue weighted by Gasteiger charge is 2.29. The first-order valence-electron chi connectivity index (χ1n) is 10.1. The summed E-state index contributed by atoms with van der Waals surface area (Å²) in [6, 6.07) is 8.73. The molecular weight excluding hydrogens is 372 g/mol. The minimum atomic E-state index is -0.687. The number of likely N-dealkylation sites (tertiary alicyclic amines) is 1. The van der Waals surface area contributed by atoms with Crippen molar-refractivity contribution >= 4 is 11.6 Å². The second-order valence-corrected chi connectivity index (χ2v) is 7.61. The van der Waals surface area contributed by atoms with E-state index in [0.717, 1.165) is 51.4 Å². The number of nitrogens with zero attached hydrogens (tertiary/aromatic N) is 5. The summed E-state index contributed by atoms with van der Waals surface area (Å²) in [6.45, 7) is 6.59. The molecule has 156 valence electrons. The molecule has 2 aliphatic rings. The van der Waals surface area contributed by atoms with E-state index in [9.17, 15) is 4.79 Å². The van der Waals surface area contributed by atoms with Gasteiger partial charge in [-0.1, -0.05) is 17.3 Å². The molecule has 2 N–H and O–H groups in total. The first-order chi connectivity index (χ1) is 14.1. The van der Waals surface area contributed by atoms with Crippen LogP contribution in [0.25, 0.3) is 0 Å². The van der Waals surface area contributed by atoms with Crippen LogP contribution in [0.15, 0.2) is 28.8 Å². The fourth-order valence-corrected chi connectivity index (χ4v) is 4.31. The SMILES string of the molecule is COc1ccccc1N1CCN([C@@H]2CCCN(Cc3noc(C(N)=O)n3)C2)CC1.